The summed E-state index contributed by atoms with van der Waals surface area (Å²) in [5, 5.41) is 11.9. The maximum absolute atomic E-state index is 10.8. The summed E-state index contributed by atoms with van der Waals surface area (Å²) in [7, 11) is 0. The molecule has 1 atom stereocenters. The first-order chi connectivity index (χ1) is 9.62. The van der Waals surface area contributed by atoms with Crippen LogP contribution in [0.15, 0.2) is 18.2 Å². The Balaban J connectivity index is 1.80. The van der Waals surface area contributed by atoms with Crippen molar-refractivity contribution in [3.05, 3.63) is 33.8 Å². The van der Waals surface area contributed by atoms with E-state index in [4.69, 9.17) is 23.2 Å². The average molecular weight is 314 g/mol. The molecule has 110 valence electrons. The molecule has 1 aromatic rings. The van der Waals surface area contributed by atoms with Gasteiger partial charge in [0.2, 0.25) is 0 Å². The maximum Gasteiger partial charge on any atom is 0.0763 e. The number of hydrogen-bond donors (Lipinski definition) is 1. The van der Waals surface area contributed by atoms with E-state index in [1.165, 1.54) is 19.3 Å². The molecular weight excluding hydrogens is 293 g/mol. The Bertz CT molecular complexity index is 481. The van der Waals surface area contributed by atoms with Crippen molar-refractivity contribution in [1.29, 1.82) is 0 Å². The highest BCUT2D eigenvalue weighted by Crippen LogP contribution is 2.47. The minimum Gasteiger partial charge on any atom is -0.391 e. The molecule has 0 amide bonds. The second-order valence-corrected chi connectivity index (χ2v) is 6.98. The molecule has 1 saturated heterocycles. The van der Waals surface area contributed by atoms with E-state index in [0.717, 1.165) is 38.0 Å². The molecule has 1 saturated carbocycles. The monoisotopic (exact) mass is 313 g/mol. The van der Waals surface area contributed by atoms with Crippen LogP contribution in [0.3, 0.4) is 0 Å². The number of aliphatic hydroxyl groups is 1. The fourth-order valence-electron chi connectivity index (χ4n) is 3.56. The molecule has 1 heterocycles. The van der Waals surface area contributed by atoms with Crippen LogP contribution in [0.2, 0.25) is 10.0 Å². The highest BCUT2D eigenvalue weighted by atomic mass is 35.5. The summed E-state index contributed by atoms with van der Waals surface area (Å²) in [5.41, 5.74) is 1.03. The van der Waals surface area contributed by atoms with Crippen LogP contribution in [0.1, 0.15) is 37.7 Å². The van der Waals surface area contributed by atoms with Crippen molar-refractivity contribution in [3.8, 4) is 0 Å². The minimum absolute atomic E-state index is 0.114. The van der Waals surface area contributed by atoms with Gasteiger partial charge in [-0.15, -0.1) is 0 Å². The van der Waals surface area contributed by atoms with E-state index in [0.29, 0.717) is 10.0 Å². The quantitative estimate of drug-likeness (QED) is 0.912. The molecule has 3 rings (SSSR count). The van der Waals surface area contributed by atoms with E-state index in [-0.39, 0.29) is 11.5 Å². The van der Waals surface area contributed by atoms with Crippen LogP contribution in [0.25, 0.3) is 0 Å². The second kappa shape index (κ2) is 5.84. The van der Waals surface area contributed by atoms with Crippen LogP contribution in [-0.2, 0) is 5.41 Å². The first kappa shape index (κ1) is 14.6. The zero-order valence-corrected chi connectivity index (χ0v) is 13.1. The number of benzene rings is 1. The van der Waals surface area contributed by atoms with Gasteiger partial charge in [0, 0.05) is 12.0 Å². The maximum atomic E-state index is 10.8. The Labute approximate surface area is 130 Å². The Hall–Kier alpha value is -0.280. The lowest BCUT2D eigenvalue weighted by molar-refractivity contribution is 0.00672. The minimum atomic E-state index is -0.313. The summed E-state index contributed by atoms with van der Waals surface area (Å²) in [6, 6.07) is 5.82. The van der Waals surface area contributed by atoms with Gasteiger partial charge in [0.05, 0.1) is 16.1 Å². The topological polar surface area (TPSA) is 23.5 Å². The molecule has 1 unspecified atom stereocenters. The third kappa shape index (κ3) is 2.59. The normalized spacial score (nSPS) is 23.6. The fourth-order valence-corrected chi connectivity index (χ4v) is 3.86. The zero-order valence-electron chi connectivity index (χ0n) is 11.6. The smallest absolute Gasteiger partial charge is 0.0763 e. The van der Waals surface area contributed by atoms with Gasteiger partial charge < -0.3 is 10.0 Å². The third-order valence-corrected chi connectivity index (χ3v) is 5.75. The molecule has 1 N–H and O–H groups in total. The lowest BCUT2D eigenvalue weighted by Gasteiger charge is -2.47. The summed E-state index contributed by atoms with van der Waals surface area (Å²) < 4.78 is 0. The Kier molecular flexibility index (Phi) is 4.28. The zero-order chi connectivity index (χ0) is 14.2. The van der Waals surface area contributed by atoms with Crippen LogP contribution in [0, 0.1) is 0 Å². The molecule has 1 aromatic carbocycles. The van der Waals surface area contributed by atoms with Crippen LogP contribution < -0.4 is 0 Å². The number of rotatable bonds is 4. The second-order valence-electron chi connectivity index (χ2n) is 6.16. The van der Waals surface area contributed by atoms with Gasteiger partial charge in [0.1, 0.15) is 0 Å². The SMILES string of the molecule is OC(CN1CCCC1)C1(c2ccc(Cl)c(Cl)c2)CCC1. The van der Waals surface area contributed by atoms with E-state index in [2.05, 4.69) is 4.90 Å². The van der Waals surface area contributed by atoms with Crippen molar-refractivity contribution in [1.82, 2.24) is 4.90 Å². The van der Waals surface area contributed by atoms with Gasteiger partial charge in [-0.05, 0) is 56.5 Å². The molecule has 2 fully saturated rings. The molecule has 1 aliphatic heterocycles. The predicted octanol–water partition coefficient (Wildman–Crippen LogP) is 3.87. The summed E-state index contributed by atoms with van der Waals surface area (Å²) in [6.07, 6.45) is 5.46. The van der Waals surface area contributed by atoms with Crippen molar-refractivity contribution in [2.45, 2.75) is 43.6 Å². The molecule has 0 bridgehead atoms. The molecule has 2 aliphatic rings. The Morgan fingerprint density at radius 3 is 2.35 bits per heavy atom. The van der Waals surface area contributed by atoms with Gasteiger partial charge in [0.25, 0.3) is 0 Å². The van der Waals surface area contributed by atoms with Gasteiger partial charge >= 0.3 is 0 Å². The largest absolute Gasteiger partial charge is 0.391 e. The Morgan fingerprint density at radius 1 is 1.10 bits per heavy atom. The van der Waals surface area contributed by atoms with E-state index in [1.807, 2.05) is 18.2 Å². The lowest BCUT2D eigenvalue weighted by atomic mass is 9.61. The number of nitrogens with zero attached hydrogens (tertiary/aromatic N) is 1. The molecule has 0 aromatic heterocycles. The highest BCUT2D eigenvalue weighted by molar-refractivity contribution is 6.42. The van der Waals surface area contributed by atoms with E-state index >= 15 is 0 Å². The van der Waals surface area contributed by atoms with Crippen LogP contribution in [0.5, 0.6) is 0 Å². The van der Waals surface area contributed by atoms with Crippen molar-refractivity contribution in [2.24, 2.45) is 0 Å². The summed E-state index contributed by atoms with van der Waals surface area (Å²) >= 11 is 12.2. The van der Waals surface area contributed by atoms with Gasteiger partial charge in [-0.2, -0.15) is 0 Å². The molecule has 2 nitrogen and oxygen atoms in total. The third-order valence-electron chi connectivity index (χ3n) is 5.01. The number of likely N-dealkylation sites (tertiary alicyclic amines) is 1. The van der Waals surface area contributed by atoms with Gasteiger partial charge in [-0.25, -0.2) is 0 Å². The molecule has 4 heteroatoms. The highest BCUT2D eigenvalue weighted by Gasteiger charge is 2.45. The van der Waals surface area contributed by atoms with E-state index in [1.54, 1.807) is 0 Å². The standard InChI is InChI=1S/C16H21Cl2NO/c17-13-5-4-12(10-14(13)18)16(6-3-7-16)15(20)11-19-8-1-2-9-19/h4-5,10,15,20H,1-3,6-9,11H2. The van der Waals surface area contributed by atoms with Crippen molar-refractivity contribution in [2.75, 3.05) is 19.6 Å². The molecule has 0 radical (unpaired) electrons. The van der Waals surface area contributed by atoms with Gasteiger partial charge in [-0.1, -0.05) is 35.7 Å². The van der Waals surface area contributed by atoms with Crippen LogP contribution in [0.4, 0.5) is 0 Å². The first-order valence-electron chi connectivity index (χ1n) is 7.48. The Morgan fingerprint density at radius 2 is 1.80 bits per heavy atom. The molecule has 20 heavy (non-hydrogen) atoms. The van der Waals surface area contributed by atoms with Crippen LogP contribution >= 0.6 is 23.2 Å². The summed E-state index contributed by atoms with van der Waals surface area (Å²) in [6.45, 7) is 3.02. The number of β-amino-alcohol motifs (C(OH)–C–C–N with tert-alkyl or cyclic N) is 1. The fraction of sp³-hybridized carbons (Fsp3) is 0.625. The lowest BCUT2D eigenvalue weighted by Crippen LogP contribution is -2.50. The van der Waals surface area contributed by atoms with E-state index < -0.39 is 0 Å². The number of aliphatic hydroxyl groups excluding tert-OH is 1. The average Bonchev–Trinajstić information content (AvgIpc) is 2.85. The summed E-state index contributed by atoms with van der Waals surface area (Å²) in [5.74, 6) is 0. The number of halogens is 2. The molecule has 0 spiro atoms. The van der Waals surface area contributed by atoms with Gasteiger partial charge in [-0.3, -0.25) is 0 Å². The molecular formula is C16H21Cl2NO. The predicted molar refractivity (Wildman–Crippen MR) is 83.7 cm³/mol. The van der Waals surface area contributed by atoms with Crippen molar-refractivity contribution < 1.29 is 5.11 Å². The summed E-state index contributed by atoms with van der Waals surface area (Å²) in [4.78, 5) is 2.38. The van der Waals surface area contributed by atoms with Gasteiger partial charge in [0.15, 0.2) is 0 Å². The molecule has 1 aliphatic carbocycles. The number of hydrogen-bond acceptors (Lipinski definition) is 2. The van der Waals surface area contributed by atoms with E-state index in [9.17, 15) is 5.11 Å². The van der Waals surface area contributed by atoms with Crippen molar-refractivity contribution in [3.63, 3.8) is 0 Å². The first-order valence-corrected chi connectivity index (χ1v) is 8.23. The van der Waals surface area contributed by atoms with Crippen LogP contribution in [-0.4, -0.2) is 35.7 Å². The van der Waals surface area contributed by atoms with Crippen molar-refractivity contribution >= 4 is 23.2 Å².